The molecule has 1 aromatic heterocycles. The Morgan fingerprint density at radius 2 is 1.09 bits per heavy atom. The number of fused-ring (bicyclic) bond motifs is 9. The van der Waals surface area contributed by atoms with Crippen LogP contribution in [-0.4, -0.2) is 0 Å². The quantitative estimate of drug-likeness (QED) is 0.131. The van der Waals surface area contributed by atoms with Gasteiger partial charge in [0, 0.05) is 16.2 Å². The molecule has 1 nitrogen and oxygen atoms in total. The molecule has 0 amide bonds. The maximum absolute atomic E-state index is 6.27. The first-order valence-electron chi connectivity index (χ1n) is 19.7. The lowest BCUT2D eigenvalue weighted by molar-refractivity contribution is 0.661. The van der Waals surface area contributed by atoms with Crippen LogP contribution in [0.1, 0.15) is 48.6 Å². The molecule has 1 aliphatic carbocycles. The third-order valence-corrected chi connectivity index (χ3v) is 12.5. The largest absolute Gasteiger partial charge is 0.456 e. The van der Waals surface area contributed by atoms with Crippen LogP contribution in [0, 0.1) is 6.92 Å². The average Bonchev–Trinajstić information content (AvgIpc) is 3.69. The first kappa shape index (κ1) is 32.7. The van der Waals surface area contributed by atoms with Crippen LogP contribution in [-0.2, 0) is 5.41 Å². The van der Waals surface area contributed by atoms with Crippen LogP contribution < -0.4 is 0 Å². The molecule has 0 spiro atoms. The summed E-state index contributed by atoms with van der Waals surface area (Å²) in [4.78, 5) is 0. The van der Waals surface area contributed by atoms with Crippen molar-refractivity contribution in [3.05, 3.63) is 192 Å². The second kappa shape index (κ2) is 12.2. The maximum Gasteiger partial charge on any atom is 0.136 e. The molecule has 0 N–H and O–H groups in total. The van der Waals surface area contributed by atoms with Crippen LogP contribution in [0.15, 0.2) is 168 Å². The van der Waals surface area contributed by atoms with Crippen molar-refractivity contribution < 1.29 is 4.42 Å². The van der Waals surface area contributed by atoms with Crippen molar-refractivity contribution in [3.8, 4) is 33.4 Å². The molecule has 9 aromatic carbocycles. The van der Waals surface area contributed by atoms with Crippen LogP contribution in [0.3, 0.4) is 0 Å². The van der Waals surface area contributed by atoms with E-state index in [1.807, 2.05) is 6.07 Å². The summed E-state index contributed by atoms with van der Waals surface area (Å²) in [6, 6.07) is 60.4. The van der Waals surface area contributed by atoms with Gasteiger partial charge in [-0.1, -0.05) is 147 Å². The van der Waals surface area contributed by atoms with E-state index in [4.69, 9.17) is 4.42 Å². The Bertz CT molecular complexity index is 3220. The first-order valence-corrected chi connectivity index (χ1v) is 19.7. The molecule has 0 radical (unpaired) electrons. The van der Waals surface area contributed by atoms with E-state index in [1.54, 1.807) is 0 Å². The van der Waals surface area contributed by atoms with Crippen LogP contribution in [0.4, 0.5) is 0 Å². The highest BCUT2D eigenvalue weighted by molar-refractivity contribution is 6.21. The van der Waals surface area contributed by atoms with E-state index < -0.39 is 0 Å². The molecule has 0 bridgehead atoms. The first-order chi connectivity index (χ1) is 27.3. The van der Waals surface area contributed by atoms with Crippen molar-refractivity contribution in [3.63, 3.8) is 0 Å². The van der Waals surface area contributed by atoms with Crippen molar-refractivity contribution in [1.82, 2.24) is 0 Å². The summed E-state index contributed by atoms with van der Waals surface area (Å²) < 4.78 is 6.27. The highest BCUT2D eigenvalue weighted by atomic mass is 16.3. The molecule has 1 aliphatic rings. The molecule has 0 unspecified atom stereocenters. The zero-order valence-electron chi connectivity index (χ0n) is 32.1. The Morgan fingerprint density at radius 1 is 0.482 bits per heavy atom. The van der Waals surface area contributed by atoms with Crippen LogP contribution in [0.2, 0.25) is 0 Å². The Labute approximate surface area is 327 Å². The smallest absolute Gasteiger partial charge is 0.136 e. The molecule has 56 heavy (non-hydrogen) atoms. The predicted octanol–water partition coefficient (Wildman–Crippen LogP) is 15.6. The topological polar surface area (TPSA) is 13.1 Å². The number of allylic oxidation sites excluding steroid dienone is 1. The van der Waals surface area contributed by atoms with E-state index in [2.05, 4.69) is 191 Å². The van der Waals surface area contributed by atoms with Gasteiger partial charge >= 0.3 is 0 Å². The van der Waals surface area contributed by atoms with Gasteiger partial charge in [-0.15, -0.1) is 0 Å². The highest BCUT2D eigenvalue weighted by Crippen LogP contribution is 2.51. The number of hydrogen-bond acceptors (Lipinski definition) is 1. The van der Waals surface area contributed by atoms with Gasteiger partial charge in [0.2, 0.25) is 0 Å². The van der Waals surface area contributed by atoms with Gasteiger partial charge in [0.15, 0.2) is 0 Å². The van der Waals surface area contributed by atoms with Gasteiger partial charge in [-0.2, -0.15) is 0 Å². The minimum absolute atomic E-state index is 0.0993. The minimum atomic E-state index is -0.0993. The second-order valence-electron chi connectivity index (χ2n) is 16.2. The number of para-hydroxylation sites is 1. The summed E-state index contributed by atoms with van der Waals surface area (Å²) in [5.41, 5.74) is 17.3. The zero-order valence-corrected chi connectivity index (χ0v) is 32.1. The number of benzene rings is 9. The molecule has 0 aliphatic heterocycles. The van der Waals surface area contributed by atoms with Crippen molar-refractivity contribution in [2.45, 2.75) is 33.1 Å². The van der Waals surface area contributed by atoms with E-state index in [0.717, 1.165) is 11.2 Å². The summed E-state index contributed by atoms with van der Waals surface area (Å²) in [5.74, 6) is 0. The normalized spacial score (nSPS) is 13.6. The monoisotopic (exact) mass is 716 g/mol. The molecular formula is C55H40O. The van der Waals surface area contributed by atoms with Crippen LogP contribution in [0.25, 0.3) is 99.3 Å². The lowest BCUT2D eigenvalue weighted by atomic mass is 9.81. The van der Waals surface area contributed by atoms with E-state index in [-0.39, 0.29) is 5.41 Å². The summed E-state index contributed by atoms with van der Waals surface area (Å²) >= 11 is 0. The van der Waals surface area contributed by atoms with Crippen LogP contribution >= 0.6 is 0 Å². The van der Waals surface area contributed by atoms with E-state index >= 15 is 0 Å². The molecule has 0 atom stereocenters. The SMILES string of the molecule is C/C(=C\c1ccc(-c2c3ccccc3c(-c3ccccc3)c3ccccc23)cc1C)c1ccc2c(c1)-c1cc3cc4c(cc3cc1C2(C)C)oc1ccccc14. The molecule has 1 heterocycles. The summed E-state index contributed by atoms with van der Waals surface area (Å²) in [6.45, 7) is 9.22. The average molecular weight is 717 g/mol. The Kier molecular flexibility index (Phi) is 7.10. The fourth-order valence-electron chi connectivity index (χ4n) is 9.63. The molecule has 266 valence electrons. The molecule has 0 saturated heterocycles. The van der Waals surface area contributed by atoms with Crippen molar-refractivity contribution in [2.75, 3.05) is 0 Å². The van der Waals surface area contributed by atoms with Gasteiger partial charge in [-0.05, 0) is 149 Å². The Balaban J connectivity index is 0.995. The Hall–Kier alpha value is -6.70. The minimum Gasteiger partial charge on any atom is -0.456 e. The van der Waals surface area contributed by atoms with Gasteiger partial charge in [0.05, 0.1) is 0 Å². The molecule has 11 rings (SSSR count). The number of furan rings is 1. The fourth-order valence-corrected chi connectivity index (χ4v) is 9.63. The summed E-state index contributed by atoms with van der Waals surface area (Å²) in [6.07, 6.45) is 2.36. The third-order valence-electron chi connectivity index (χ3n) is 12.5. The van der Waals surface area contributed by atoms with E-state index in [9.17, 15) is 0 Å². The number of hydrogen-bond donors (Lipinski definition) is 0. The van der Waals surface area contributed by atoms with Gasteiger partial charge in [0.25, 0.3) is 0 Å². The molecule has 1 heteroatoms. The van der Waals surface area contributed by atoms with E-state index in [1.165, 1.54) is 110 Å². The molecule has 0 saturated carbocycles. The lowest BCUT2D eigenvalue weighted by Crippen LogP contribution is -2.14. The maximum atomic E-state index is 6.27. The fraction of sp³-hybridized carbons (Fsp3) is 0.0909. The number of rotatable bonds is 4. The van der Waals surface area contributed by atoms with Gasteiger partial charge in [0.1, 0.15) is 11.2 Å². The zero-order chi connectivity index (χ0) is 37.7. The van der Waals surface area contributed by atoms with Crippen LogP contribution in [0.5, 0.6) is 0 Å². The molecular weight excluding hydrogens is 677 g/mol. The van der Waals surface area contributed by atoms with Gasteiger partial charge in [-0.25, -0.2) is 0 Å². The highest BCUT2D eigenvalue weighted by Gasteiger charge is 2.36. The number of aryl methyl sites for hydroxylation is 1. The van der Waals surface area contributed by atoms with E-state index in [0.29, 0.717) is 0 Å². The summed E-state index contributed by atoms with van der Waals surface area (Å²) in [7, 11) is 0. The van der Waals surface area contributed by atoms with Crippen molar-refractivity contribution in [2.24, 2.45) is 0 Å². The standard InChI is InChI=1S/C55H40O/c1-33(37-24-25-49-46(28-37)47-29-39-30-48-41-16-12-13-21-51(41)56-52(48)32-40(39)31-50(47)55(49,3)4)26-36-22-23-38(27-34(36)2)54-44-19-10-8-17-42(44)53(35-14-6-5-7-15-35)43-18-9-11-20-45(43)54/h5-32H,1-4H3/b33-26+. The van der Waals surface area contributed by atoms with Gasteiger partial charge in [-0.3, -0.25) is 0 Å². The van der Waals surface area contributed by atoms with Crippen molar-refractivity contribution >= 4 is 65.9 Å². The third kappa shape index (κ3) is 4.87. The Morgan fingerprint density at radius 3 is 1.79 bits per heavy atom. The molecule has 10 aromatic rings. The van der Waals surface area contributed by atoms with Crippen molar-refractivity contribution in [1.29, 1.82) is 0 Å². The second-order valence-corrected chi connectivity index (χ2v) is 16.2. The lowest BCUT2D eigenvalue weighted by Gasteiger charge is -2.22. The molecule has 0 fully saturated rings. The summed E-state index contributed by atoms with van der Waals surface area (Å²) in [5, 5.41) is 9.92. The predicted molar refractivity (Wildman–Crippen MR) is 239 cm³/mol. The van der Waals surface area contributed by atoms with Gasteiger partial charge < -0.3 is 4.42 Å².